The van der Waals surface area contributed by atoms with E-state index in [1.165, 1.54) is 18.5 Å². The Balaban J connectivity index is 1.41. The van der Waals surface area contributed by atoms with Crippen LogP contribution < -0.4 is 0 Å². The Labute approximate surface area is 209 Å². The number of hydrogen-bond donors (Lipinski definition) is 0. The Bertz CT molecular complexity index is 1390. The van der Waals surface area contributed by atoms with E-state index in [9.17, 15) is 8.42 Å². The molecule has 3 aromatic rings. The number of aryl methyl sites for hydroxylation is 1. The van der Waals surface area contributed by atoms with Gasteiger partial charge < -0.3 is 23.7 Å². The number of aromatic nitrogens is 3. The van der Waals surface area contributed by atoms with Crippen molar-refractivity contribution in [1.82, 2.24) is 19.4 Å². The van der Waals surface area contributed by atoms with Crippen molar-refractivity contribution < 1.29 is 26.8 Å². The maximum Gasteiger partial charge on any atom is 0.297 e. The van der Waals surface area contributed by atoms with Crippen LogP contribution in [0.25, 0.3) is 11.0 Å². The Morgan fingerprint density at radius 2 is 1.86 bits per heavy atom. The summed E-state index contributed by atoms with van der Waals surface area (Å²) in [4.78, 5) is 15.0. The van der Waals surface area contributed by atoms with E-state index in [1.54, 1.807) is 18.5 Å². The van der Waals surface area contributed by atoms with Crippen molar-refractivity contribution in [2.24, 2.45) is 4.99 Å². The largest absolute Gasteiger partial charge is 0.369 e. The zero-order chi connectivity index (χ0) is 25.7. The molecule has 2 aliphatic heterocycles. The van der Waals surface area contributed by atoms with Crippen LogP contribution in [0.5, 0.6) is 0 Å². The molecular weight excluding hydrogens is 486 g/mol. The fraction of sp³-hybridized carbons (Fsp3) is 0.458. The SMILES string of the molecule is Cc1ccc(S(=O)(=O)OC[C@H]2O[C@@H](n3ccc4c(/N=C/N(C)C)ncnc43)[C@@H]3OC(C)(C)O[C@@H]32)cc1. The highest BCUT2D eigenvalue weighted by Crippen LogP contribution is 2.44. The van der Waals surface area contributed by atoms with Gasteiger partial charge in [0.2, 0.25) is 0 Å². The van der Waals surface area contributed by atoms with Gasteiger partial charge in [0.05, 0.1) is 23.2 Å². The third kappa shape index (κ3) is 4.74. The average molecular weight is 516 g/mol. The first-order chi connectivity index (χ1) is 17.0. The number of ether oxygens (including phenoxy) is 3. The number of rotatable bonds is 7. The Morgan fingerprint density at radius 3 is 2.58 bits per heavy atom. The maximum absolute atomic E-state index is 12.8. The van der Waals surface area contributed by atoms with Gasteiger partial charge in [0.15, 0.2) is 17.8 Å². The molecule has 36 heavy (non-hydrogen) atoms. The standard InChI is InChI=1S/C24H29N5O6S/c1-15-6-8-16(9-7-15)36(30,31)32-12-18-19-20(35-24(2,3)34-19)23(33-18)29-11-10-17-21(27-14-28(4)5)25-13-26-22(17)29/h6-11,13-14,18-20,23H,12H2,1-5H3/b27-14+/t18-,19-,20-,23-/m1/s1. The van der Waals surface area contributed by atoms with Gasteiger partial charge in [0, 0.05) is 20.3 Å². The van der Waals surface area contributed by atoms with E-state index >= 15 is 0 Å². The minimum Gasteiger partial charge on any atom is -0.369 e. The summed E-state index contributed by atoms with van der Waals surface area (Å²) in [5, 5.41) is 0.746. The van der Waals surface area contributed by atoms with Crippen LogP contribution in [0.3, 0.4) is 0 Å². The first-order valence-electron chi connectivity index (χ1n) is 11.5. The summed E-state index contributed by atoms with van der Waals surface area (Å²) in [6, 6.07) is 8.35. The molecule has 192 valence electrons. The van der Waals surface area contributed by atoms with E-state index in [-0.39, 0.29) is 11.5 Å². The fourth-order valence-electron chi connectivity index (χ4n) is 4.38. The Hall–Kier alpha value is -2.90. The van der Waals surface area contributed by atoms with Crippen molar-refractivity contribution in [3.8, 4) is 0 Å². The number of benzene rings is 1. The van der Waals surface area contributed by atoms with Crippen LogP contribution >= 0.6 is 0 Å². The molecule has 4 atom stereocenters. The van der Waals surface area contributed by atoms with Gasteiger partial charge in [-0.15, -0.1) is 0 Å². The molecule has 2 aromatic heterocycles. The van der Waals surface area contributed by atoms with Gasteiger partial charge >= 0.3 is 0 Å². The zero-order valence-corrected chi connectivity index (χ0v) is 21.5. The molecule has 0 aliphatic carbocycles. The molecular formula is C24H29N5O6S. The lowest BCUT2D eigenvalue weighted by atomic mass is 10.1. The molecule has 2 fully saturated rings. The van der Waals surface area contributed by atoms with Crippen molar-refractivity contribution in [3.05, 3.63) is 48.4 Å². The molecule has 0 bridgehead atoms. The maximum atomic E-state index is 12.8. The summed E-state index contributed by atoms with van der Waals surface area (Å²) >= 11 is 0. The van der Waals surface area contributed by atoms with Crippen molar-refractivity contribution in [2.45, 2.75) is 56.0 Å². The van der Waals surface area contributed by atoms with E-state index in [2.05, 4.69) is 15.0 Å². The predicted octanol–water partition coefficient (Wildman–Crippen LogP) is 2.78. The van der Waals surface area contributed by atoms with Crippen molar-refractivity contribution >= 4 is 33.3 Å². The molecule has 2 saturated heterocycles. The van der Waals surface area contributed by atoms with Crippen LogP contribution in [-0.4, -0.2) is 79.0 Å². The molecule has 0 amide bonds. The first-order valence-corrected chi connectivity index (χ1v) is 12.9. The molecule has 0 N–H and O–H groups in total. The number of hydrogen-bond acceptors (Lipinski definition) is 9. The summed E-state index contributed by atoms with van der Waals surface area (Å²) < 4.78 is 51.3. The summed E-state index contributed by atoms with van der Waals surface area (Å²) in [6.07, 6.45) is 2.59. The smallest absolute Gasteiger partial charge is 0.297 e. The van der Waals surface area contributed by atoms with Gasteiger partial charge in [0.25, 0.3) is 10.1 Å². The summed E-state index contributed by atoms with van der Waals surface area (Å²) in [7, 11) is -0.221. The van der Waals surface area contributed by atoms with E-state index in [4.69, 9.17) is 18.4 Å². The van der Waals surface area contributed by atoms with Gasteiger partial charge in [-0.05, 0) is 39.0 Å². The molecule has 0 saturated carbocycles. The molecule has 0 unspecified atom stereocenters. The van der Waals surface area contributed by atoms with Gasteiger partial charge in [-0.3, -0.25) is 4.18 Å². The lowest BCUT2D eigenvalue weighted by molar-refractivity contribution is -0.198. The quantitative estimate of drug-likeness (QED) is 0.266. The monoisotopic (exact) mass is 515 g/mol. The molecule has 0 radical (unpaired) electrons. The Morgan fingerprint density at radius 1 is 1.14 bits per heavy atom. The van der Waals surface area contributed by atoms with Crippen LogP contribution in [0.2, 0.25) is 0 Å². The Kier molecular flexibility index (Phi) is 6.33. The third-order valence-corrected chi connectivity index (χ3v) is 7.29. The van der Waals surface area contributed by atoms with E-state index in [0.717, 1.165) is 10.9 Å². The van der Waals surface area contributed by atoms with Crippen LogP contribution in [-0.2, 0) is 28.5 Å². The van der Waals surface area contributed by atoms with Gasteiger partial charge in [-0.1, -0.05) is 17.7 Å². The van der Waals surface area contributed by atoms with Crippen molar-refractivity contribution in [3.63, 3.8) is 0 Å². The summed E-state index contributed by atoms with van der Waals surface area (Å²) in [6.45, 7) is 5.29. The van der Waals surface area contributed by atoms with E-state index in [1.807, 2.05) is 56.6 Å². The minimum absolute atomic E-state index is 0.0852. The van der Waals surface area contributed by atoms with Crippen LogP contribution in [0.1, 0.15) is 25.6 Å². The first kappa shape index (κ1) is 24.8. The summed E-state index contributed by atoms with van der Waals surface area (Å²) in [5.41, 5.74) is 1.57. The molecule has 5 rings (SSSR count). The number of aliphatic imine (C=N–C) groups is 1. The lowest BCUT2D eigenvalue weighted by Crippen LogP contribution is -2.33. The second-order valence-electron chi connectivity index (χ2n) is 9.55. The molecule has 11 nitrogen and oxygen atoms in total. The highest BCUT2D eigenvalue weighted by atomic mass is 32.2. The highest BCUT2D eigenvalue weighted by molar-refractivity contribution is 7.86. The highest BCUT2D eigenvalue weighted by Gasteiger charge is 2.56. The topological polar surface area (TPSA) is 117 Å². The van der Waals surface area contributed by atoms with E-state index < -0.39 is 40.4 Å². The third-order valence-electron chi connectivity index (χ3n) is 6.00. The molecule has 4 heterocycles. The zero-order valence-electron chi connectivity index (χ0n) is 20.7. The summed E-state index contributed by atoms with van der Waals surface area (Å²) in [5.74, 6) is -0.347. The van der Waals surface area contributed by atoms with Crippen LogP contribution in [0.4, 0.5) is 5.82 Å². The lowest BCUT2D eigenvalue weighted by Gasteiger charge is -2.25. The van der Waals surface area contributed by atoms with Crippen molar-refractivity contribution in [2.75, 3.05) is 20.7 Å². The second-order valence-corrected chi connectivity index (χ2v) is 11.2. The fourth-order valence-corrected chi connectivity index (χ4v) is 5.30. The van der Waals surface area contributed by atoms with Gasteiger partial charge in [0.1, 0.15) is 30.3 Å². The van der Waals surface area contributed by atoms with Gasteiger partial charge in [-0.25, -0.2) is 15.0 Å². The van der Waals surface area contributed by atoms with Crippen LogP contribution in [0.15, 0.2) is 52.7 Å². The minimum atomic E-state index is -3.97. The van der Waals surface area contributed by atoms with Crippen LogP contribution in [0, 0.1) is 6.92 Å². The normalized spacial score (nSPS) is 25.6. The van der Waals surface area contributed by atoms with E-state index in [0.29, 0.717) is 11.5 Å². The van der Waals surface area contributed by atoms with Crippen molar-refractivity contribution in [1.29, 1.82) is 0 Å². The number of fused-ring (bicyclic) bond motifs is 2. The number of nitrogens with zero attached hydrogens (tertiary/aromatic N) is 5. The van der Waals surface area contributed by atoms with Gasteiger partial charge in [-0.2, -0.15) is 8.42 Å². The average Bonchev–Trinajstić information content (AvgIpc) is 3.47. The second kappa shape index (κ2) is 9.20. The predicted molar refractivity (Wildman–Crippen MR) is 131 cm³/mol. The molecule has 1 aromatic carbocycles. The molecule has 2 aliphatic rings. The molecule has 0 spiro atoms. The molecule has 12 heteroatoms.